The van der Waals surface area contributed by atoms with Gasteiger partial charge in [-0.3, -0.25) is 0 Å². The summed E-state index contributed by atoms with van der Waals surface area (Å²) in [5, 5.41) is 7.73. The quantitative estimate of drug-likeness (QED) is 0.200. The standard InChI is InChI=1S/C45H34N2/c1-29-18-22-36-34(28-40(46)35-15-9-14-33(27-35)30-10-3-2-4-11-30)21-23-41(39(36)26-29)47-42-24-19-31-12-5-7-16-37(31)44(42)45-38-17-8-6-13-32(38)20-25-43(45)47/h2-25,27-29H,26,46H2,1H3/b40-28+. The van der Waals surface area contributed by atoms with Gasteiger partial charge in [0.15, 0.2) is 0 Å². The first-order chi connectivity index (χ1) is 23.1. The number of aromatic nitrogens is 1. The summed E-state index contributed by atoms with van der Waals surface area (Å²) in [4.78, 5) is 0. The van der Waals surface area contributed by atoms with E-state index in [-0.39, 0.29) is 0 Å². The second-order valence-electron chi connectivity index (χ2n) is 12.9. The van der Waals surface area contributed by atoms with Crippen LogP contribution in [0.2, 0.25) is 0 Å². The monoisotopic (exact) mass is 602 g/mol. The van der Waals surface area contributed by atoms with Crippen molar-refractivity contribution in [1.82, 2.24) is 4.57 Å². The van der Waals surface area contributed by atoms with Crippen LogP contribution in [0.4, 0.5) is 0 Å². The van der Waals surface area contributed by atoms with Gasteiger partial charge in [-0.1, -0.05) is 134 Å². The van der Waals surface area contributed by atoms with Crippen LogP contribution in [0.25, 0.3) is 78.0 Å². The van der Waals surface area contributed by atoms with Crippen molar-refractivity contribution in [1.29, 1.82) is 0 Å². The van der Waals surface area contributed by atoms with Crippen molar-refractivity contribution in [2.45, 2.75) is 13.3 Å². The first-order valence-corrected chi connectivity index (χ1v) is 16.5. The molecule has 1 aliphatic carbocycles. The zero-order chi connectivity index (χ0) is 31.5. The molecule has 8 aromatic rings. The Morgan fingerprint density at radius 2 is 1.30 bits per heavy atom. The van der Waals surface area contributed by atoms with Crippen LogP contribution >= 0.6 is 0 Å². The van der Waals surface area contributed by atoms with Gasteiger partial charge in [-0.15, -0.1) is 0 Å². The van der Waals surface area contributed by atoms with Crippen LogP contribution in [-0.2, 0) is 6.42 Å². The van der Waals surface area contributed by atoms with Crippen molar-refractivity contribution in [2.75, 3.05) is 0 Å². The molecule has 0 radical (unpaired) electrons. The van der Waals surface area contributed by atoms with Crippen LogP contribution in [0.5, 0.6) is 0 Å². The fourth-order valence-corrected chi connectivity index (χ4v) is 7.64. The fourth-order valence-electron chi connectivity index (χ4n) is 7.64. The molecule has 1 unspecified atom stereocenters. The van der Waals surface area contributed by atoms with Gasteiger partial charge in [0, 0.05) is 16.5 Å². The summed E-state index contributed by atoms with van der Waals surface area (Å²) >= 11 is 0. The molecule has 47 heavy (non-hydrogen) atoms. The molecule has 1 atom stereocenters. The number of nitrogens with zero attached hydrogens (tertiary/aromatic N) is 1. The molecule has 0 aliphatic heterocycles. The normalized spacial score (nSPS) is 14.7. The Morgan fingerprint density at radius 1 is 0.660 bits per heavy atom. The SMILES string of the molecule is CC1C=Cc2c(/C=C(/N)c3cccc(-c4ccccc4)c3)ccc(-n3c4ccc5ccccc5c4c4c5ccccc5ccc43)c2C1. The van der Waals surface area contributed by atoms with E-state index >= 15 is 0 Å². The molecule has 2 nitrogen and oxygen atoms in total. The van der Waals surface area contributed by atoms with Crippen molar-refractivity contribution in [3.05, 3.63) is 168 Å². The topological polar surface area (TPSA) is 30.9 Å². The zero-order valence-electron chi connectivity index (χ0n) is 26.3. The first-order valence-electron chi connectivity index (χ1n) is 16.5. The largest absolute Gasteiger partial charge is 0.398 e. The van der Waals surface area contributed by atoms with E-state index in [4.69, 9.17) is 5.73 Å². The van der Waals surface area contributed by atoms with Crippen LogP contribution in [0.1, 0.15) is 29.2 Å². The van der Waals surface area contributed by atoms with E-state index < -0.39 is 0 Å². The van der Waals surface area contributed by atoms with Crippen molar-refractivity contribution < 1.29 is 0 Å². The van der Waals surface area contributed by atoms with Crippen molar-refractivity contribution in [3.63, 3.8) is 0 Å². The Balaban J connectivity index is 1.27. The van der Waals surface area contributed by atoms with E-state index in [0.29, 0.717) is 5.92 Å². The van der Waals surface area contributed by atoms with Gasteiger partial charge < -0.3 is 10.3 Å². The summed E-state index contributed by atoms with van der Waals surface area (Å²) in [7, 11) is 0. The average molecular weight is 603 g/mol. The Hall–Kier alpha value is -5.86. The molecular formula is C45H34N2. The number of hydrogen-bond donors (Lipinski definition) is 1. The van der Waals surface area contributed by atoms with E-state index in [1.807, 2.05) is 6.07 Å². The smallest absolute Gasteiger partial charge is 0.0547 e. The lowest BCUT2D eigenvalue weighted by atomic mass is 9.86. The second kappa shape index (κ2) is 10.9. The van der Waals surface area contributed by atoms with Gasteiger partial charge in [0.1, 0.15) is 0 Å². The van der Waals surface area contributed by atoms with E-state index in [2.05, 4.69) is 163 Å². The number of nitrogens with two attached hydrogens (primary N) is 1. The van der Waals surface area contributed by atoms with E-state index in [0.717, 1.165) is 28.8 Å². The maximum Gasteiger partial charge on any atom is 0.0547 e. The Labute approximate surface area is 274 Å². The zero-order valence-corrected chi connectivity index (χ0v) is 26.3. The molecule has 0 saturated carbocycles. The lowest BCUT2D eigenvalue weighted by molar-refractivity contribution is 0.713. The second-order valence-corrected chi connectivity index (χ2v) is 12.9. The van der Waals surface area contributed by atoms with Crippen molar-refractivity contribution >= 4 is 61.2 Å². The summed E-state index contributed by atoms with van der Waals surface area (Å²) in [5.74, 6) is 0.440. The number of allylic oxidation sites excluding steroid dienone is 1. The molecule has 0 fully saturated rings. The fraction of sp³-hybridized carbons (Fsp3) is 0.0667. The summed E-state index contributed by atoms with van der Waals surface area (Å²) in [5.41, 5.74) is 18.5. The van der Waals surface area contributed by atoms with Gasteiger partial charge in [-0.2, -0.15) is 0 Å². The van der Waals surface area contributed by atoms with Crippen LogP contribution in [0.15, 0.2) is 146 Å². The van der Waals surface area contributed by atoms with Crippen LogP contribution in [-0.4, -0.2) is 4.57 Å². The third-order valence-electron chi connectivity index (χ3n) is 9.88. The minimum atomic E-state index is 0.440. The summed E-state index contributed by atoms with van der Waals surface area (Å²) in [6.45, 7) is 2.31. The minimum Gasteiger partial charge on any atom is -0.398 e. The van der Waals surface area contributed by atoms with Gasteiger partial charge >= 0.3 is 0 Å². The van der Waals surface area contributed by atoms with Crippen LogP contribution < -0.4 is 5.73 Å². The van der Waals surface area contributed by atoms with Crippen LogP contribution in [0.3, 0.4) is 0 Å². The van der Waals surface area contributed by atoms with Gasteiger partial charge in [0.25, 0.3) is 0 Å². The Bertz CT molecular complexity index is 2470. The van der Waals surface area contributed by atoms with Crippen LogP contribution in [0, 0.1) is 5.92 Å². The molecule has 9 rings (SSSR count). The summed E-state index contributed by atoms with van der Waals surface area (Å²) < 4.78 is 2.51. The van der Waals surface area contributed by atoms with Gasteiger partial charge in [-0.25, -0.2) is 0 Å². The van der Waals surface area contributed by atoms with Gasteiger partial charge in [-0.05, 0) is 97.6 Å². The van der Waals surface area contributed by atoms with Crippen molar-refractivity contribution in [3.8, 4) is 16.8 Å². The summed E-state index contributed by atoms with van der Waals surface area (Å²) in [6.07, 6.45) is 7.77. The maximum absolute atomic E-state index is 6.85. The predicted molar refractivity (Wildman–Crippen MR) is 202 cm³/mol. The number of rotatable bonds is 4. The first kappa shape index (κ1) is 27.5. The molecule has 1 heterocycles. The highest BCUT2D eigenvalue weighted by Crippen LogP contribution is 2.42. The lowest BCUT2D eigenvalue weighted by Crippen LogP contribution is -2.10. The highest BCUT2D eigenvalue weighted by atomic mass is 15.0. The molecule has 0 spiro atoms. The van der Waals surface area contributed by atoms with E-state index in [1.54, 1.807) is 0 Å². The molecule has 224 valence electrons. The van der Waals surface area contributed by atoms with Gasteiger partial charge in [0.2, 0.25) is 0 Å². The maximum atomic E-state index is 6.85. The Kier molecular flexibility index (Phi) is 6.36. The highest BCUT2D eigenvalue weighted by molar-refractivity contribution is 6.28. The third-order valence-corrected chi connectivity index (χ3v) is 9.88. The summed E-state index contributed by atoms with van der Waals surface area (Å²) in [6, 6.07) is 50.3. The molecule has 0 amide bonds. The highest BCUT2D eigenvalue weighted by Gasteiger charge is 2.23. The number of benzene rings is 7. The molecule has 0 saturated heterocycles. The van der Waals surface area contributed by atoms with E-state index in [1.165, 1.54) is 65.7 Å². The number of fused-ring (bicyclic) bond motifs is 8. The lowest BCUT2D eigenvalue weighted by Gasteiger charge is -2.23. The average Bonchev–Trinajstić information content (AvgIpc) is 3.47. The third kappa shape index (κ3) is 4.48. The van der Waals surface area contributed by atoms with Gasteiger partial charge in [0.05, 0.1) is 16.7 Å². The number of hydrogen-bond acceptors (Lipinski definition) is 1. The molecule has 1 aromatic heterocycles. The molecular weight excluding hydrogens is 569 g/mol. The molecule has 0 bridgehead atoms. The molecule has 2 N–H and O–H groups in total. The minimum absolute atomic E-state index is 0.440. The Morgan fingerprint density at radius 3 is 2.00 bits per heavy atom. The van der Waals surface area contributed by atoms with Crippen molar-refractivity contribution in [2.24, 2.45) is 11.7 Å². The molecule has 2 heteroatoms. The predicted octanol–water partition coefficient (Wildman–Crippen LogP) is 11.4. The van der Waals surface area contributed by atoms with E-state index in [9.17, 15) is 0 Å². The molecule has 1 aliphatic rings. The molecule has 7 aromatic carbocycles.